The van der Waals surface area contributed by atoms with Crippen molar-refractivity contribution in [1.29, 1.82) is 0 Å². The molecule has 1 fully saturated rings. The molecule has 0 aliphatic carbocycles. The van der Waals surface area contributed by atoms with Crippen molar-refractivity contribution in [1.82, 2.24) is 10.2 Å². The summed E-state index contributed by atoms with van der Waals surface area (Å²) in [4.78, 5) is 26.5. The number of nitrogens with one attached hydrogen (secondary N) is 1. The highest BCUT2D eigenvalue weighted by molar-refractivity contribution is 5.78. The molecule has 1 aliphatic heterocycles. The van der Waals surface area contributed by atoms with Gasteiger partial charge in [0.15, 0.2) is 0 Å². The number of carbonyl (C=O) groups is 1. The predicted molar refractivity (Wildman–Crippen MR) is 89.6 cm³/mol. The first kappa shape index (κ1) is 17.2. The molecule has 1 saturated heterocycles. The van der Waals surface area contributed by atoms with Gasteiger partial charge in [-0.3, -0.25) is 19.8 Å². The Balaban J connectivity index is 1.81. The SMILES string of the molecule is CC[C@H](C)NC(=O)CN1CCN(c2ccc([N+](=O)[O-])cc2)CC1. The minimum absolute atomic E-state index is 0.0723. The first-order valence-electron chi connectivity index (χ1n) is 8.00. The Morgan fingerprint density at radius 2 is 1.87 bits per heavy atom. The summed E-state index contributed by atoms with van der Waals surface area (Å²) < 4.78 is 0. The monoisotopic (exact) mass is 320 g/mol. The number of nitrogens with zero attached hydrogens (tertiary/aromatic N) is 3. The molecule has 2 rings (SSSR count). The second-order valence-corrected chi connectivity index (χ2v) is 5.91. The Morgan fingerprint density at radius 1 is 1.26 bits per heavy atom. The number of nitro benzene ring substituents is 1. The molecular weight excluding hydrogens is 296 g/mol. The van der Waals surface area contributed by atoms with E-state index in [1.807, 2.05) is 13.8 Å². The maximum absolute atomic E-state index is 11.9. The zero-order valence-electron chi connectivity index (χ0n) is 13.7. The number of carbonyl (C=O) groups excluding carboxylic acids is 1. The third-order valence-electron chi connectivity index (χ3n) is 4.18. The number of anilines is 1. The summed E-state index contributed by atoms with van der Waals surface area (Å²) in [6.45, 7) is 7.73. The summed E-state index contributed by atoms with van der Waals surface area (Å²) in [7, 11) is 0. The molecule has 1 aliphatic rings. The number of hydrogen-bond acceptors (Lipinski definition) is 5. The van der Waals surface area contributed by atoms with Crippen molar-refractivity contribution in [3.63, 3.8) is 0 Å². The summed E-state index contributed by atoms with van der Waals surface area (Å²) in [5.41, 5.74) is 1.09. The molecule has 1 aromatic rings. The van der Waals surface area contributed by atoms with Crippen molar-refractivity contribution in [3.8, 4) is 0 Å². The van der Waals surface area contributed by atoms with Crippen LogP contribution in [0.4, 0.5) is 11.4 Å². The van der Waals surface area contributed by atoms with Gasteiger partial charge >= 0.3 is 0 Å². The lowest BCUT2D eigenvalue weighted by molar-refractivity contribution is -0.384. The zero-order valence-corrected chi connectivity index (χ0v) is 13.7. The van der Waals surface area contributed by atoms with Crippen LogP contribution in [0.15, 0.2) is 24.3 Å². The number of rotatable bonds is 6. The van der Waals surface area contributed by atoms with E-state index in [4.69, 9.17) is 0 Å². The zero-order chi connectivity index (χ0) is 16.8. The van der Waals surface area contributed by atoms with Crippen molar-refractivity contribution in [3.05, 3.63) is 34.4 Å². The van der Waals surface area contributed by atoms with Gasteiger partial charge in [-0.2, -0.15) is 0 Å². The topological polar surface area (TPSA) is 78.7 Å². The van der Waals surface area contributed by atoms with Crippen LogP contribution in [0.5, 0.6) is 0 Å². The van der Waals surface area contributed by atoms with Gasteiger partial charge in [-0.1, -0.05) is 6.92 Å². The van der Waals surface area contributed by atoms with E-state index < -0.39 is 4.92 Å². The van der Waals surface area contributed by atoms with E-state index in [1.165, 1.54) is 12.1 Å². The minimum atomic E-state index is -0.391. The van der Waals surface area contributed by atoms with Crippen molar-refractivity contribution in [2.75, 3.05) is 37.6 Å². The third-order valence-corrected chi connectivity index (χ3v) is 4.18. The second-order valence-electron chi connectivity index (χ2n) is 5.91. The first-order chi connectivity index (χ1) is 11.0. The Morgan fingerprint density at radius 3 is 2.39 bits per heavy atom. The lowest BCUT2D eigenvalue weighted by Crippen LogP contribution is -2.50. The van der Waals surface area contributed by atoms with Crippen LogP contribution in [-0.2, 0) is 4.79 Å². The average molecular weight is 320 g/mol. The molecule has 1 heterocycles. The largest absolute Gasteiger partial charge is 0.369 e. The lowest BCUT2D eigenvalue weighted by Gasteiger charge is -2.35. The Labute approximate surface area is 136 Å². The molecule has 7 nitrogen and oxygen atoms in total. The van der Waals surface area contributed by atoms with E-state index in [1.54, 1.807) is 12.1 Å². The molecule has 1 amide bonds. The van der Waals surface area contributed by atoms with Gasteiger partial charge in [-0.25, -0.2) is 0 Å². The van der Waals surface area contributed by atoms with Crippen molar-refractivity contribution in [2.24, 2.45) is 0 Å². The van der Waals surface area contributed by atoms with Gasteiger partial charge in [-0.05, 0) is 25.5 Å². The summed E-state index contributed by atoms with van der Waals surface area (Å²) >= 11 is 0. The normalized spacial score (nSPS) is 16.9. The molecular formula is C16H24N4O3. The highest BCUT2D eigenvalue weighted by Crippen LogP contribution is 2.20. The average Bonchev–Trinajstić information content (AvgIpc) is 2.55. The molecule has 0 aromatic heterocycles. The van der Waals surface area contributed by atoms with Crippen molar-refractivity contribution >= 4 is 17.3 Å². The quantitative estimate of drug-likeness (QED) is 0.637. The van der Waals surface area contributed by atoms with E-state index in [2.05, 4.69) is 15.1 Å². The van der Waals surface area contributed by atoms with Crippen LogP contribution in [0.2, 0.25) is 0 Å². The van der Waals surface area contributed by atoms with Crippen LogP contribution >= 0.6 is 0 Å². The molecule has 126 valence electrons. The molecule has 0 spiro atoms. The third kappa shape index (κ3) is 4.92. The Bertz CT molecular complexity index is 539. The molecule has 1 N–H and O–H groups in total. The Kier molecular flexibility index (Phi) is 5.92. The summed E-state index contributed by atoms with van der Waals surface area (Å²) in [6.07, 6.45) is 0.930. The number of piperazine rings is 1. The fourth-order valence-corrected chi connectivity index (χ4v) is 2.57. The molecule has 0 bridgehead atoms. The van der Waals surface area contributed by atoms with Gasteiger partial charge in [0.25, 0.3) is 5.69 Å². The van der Waals surface area contributed by atoms with Crippen LogP contribution in [0.25, 0.3) is 0 Å². The highest BCUT2D eigenvalue weighted by atomic mass is 16.6. The van der Waals surface area contributed by atoms with Crippen LogP contribution in [0.1, 0.15) is 20.3 Å². The van der Waals surface area contributed by atoms with Crippen LogP contribution in [0, 0.1) is 10.1 Å². The van der Waals surface area contributed by atoms with Gasteiger partial charge in [0, 0.05) is 50.0 Å². The highest BCUT2D eigenvalue weighted by Gasteiger charge is 2.20. The number of nitro groups is 1. The summed E-state index contributed by atoms with van der Waals surface area (Å²) in [5, 5.41) is 13.7. The molecule has 0 saturated carbocycles. The van der Waals surface area contributed by atoms with Crippen molar-refractivity contribution < 1.29 is 9.72 Å². The van der Waals surface area contributed by atoms with E-state index >= 15 is 0 Å². The standard InChI is InChI=1S/C16H24N4O3/c1-3-13(2)17-16(21)12-18-8-10-19(11-9-18)14-4-6-15(7-5-14)20(22)23/h4-7,13H,3,8-12H2,1-2H3,(H,17,21)/t13-/m0/s1. The van der Waals surface area contributed by atoms with E-state index in [-0.39, 0.29) is 17.6 Å². The van der Waals surface area contributed by atoms with Gasteiger partial charge < -0.3 is 10.2 Å². The van der Waals surface area contributed by atoms with Gasteiger partial charge in [0.05, 0.1) is 11.5 Å². The van der Waals surface area contributed by atoms with Crippen LogP contribution in [0.3, 0.4) is 0 Å². The number of benzene rings is 1. The molecule has 0 unspecified atom stereocenters. The molecule has 0 radical (unpaired) electrons. The van der Waals surface area contributed by atoms with Crippen molar-refractivity contribution in [2.45, 2.75) is 26.3 Å². The number of hydrogen-bond donors (Lipinski definition) is 1. The molecule has 1 aromatic carbocycles. The maximum atomic E-state index is 11.9. The molecule has 1 atom stereocenters. The fraction of sp³-hybridized carbons (Fsp3) is 0.562. The van der Waals surface area contributed by atoms with Crippen LogP contribution in [-0.4, -0.2) is 54.5 Å². The summed E-state index contributed by atoms with van der Waals surface area (Å²) in [6, 6.07) is 6.83. The smallest absolute Gasteiger partial charge is 0.269 e. The predicted octanol–water partition coefficient (Wildman–Crippen LogP) is 1.63. The number of amides is 1. The van der Waals surface area contributed by atoms with Gasteiger partial charge in [0.2, 0.25) is 5.91 Å². The minimum Gasteiger partial charge on any atom is -0.369 e. The number of non-ortho nitro benzene ring substituents is 1. The van der Waals surface area contributed by atoms with E-state index in [0.717, 1.165) is 38.3 Å². The fourth-order valence-electron chi connectivity index (χ4n) is 2.57. The van der Waals surface area contributed by atoms with Gasteiger partial charge in [-0.15, -0.1) is 0 Å². The molecule has 7 heteroatoms. The first-order valence-corrected chi connectivity index (χ1v) is 8.00. The second kappa shape index (κ2) is 7.92. The summed E-state index contributed by atoms with van der Waals surface area (Å²) in [5.74, 6) is 0.0723. The lowest BCUT2D eigenvalue weighted by atomic mass is 10.2. The van der Waals surface area contributed by atoms with E-state index in [0.29, 0.717) is 6.54 Å². The Hall–Kier alpha value is -2.15. The maximum Gasteiger partial charge on any atom is 0.269 e. The van der Waals surface area contributed by atoms with Crippen LogP contribution < -0.4 is 10.2 Å². The molecule has 23 heavy (non-hydrogen) atoms. The van der Waals surface area contributed by atoms with E-state index in [9.17, 15) is 14.9 Å². The van der Waals surface area contributed by atoms with Gasteiger partial charge in [0.1, 0.15) is 0 Å².